The summed E-state index contributed by atoms with van der Waals surface area (Å²) in [5.74, 6) is -2.46. The van der Waals surface area contributed by atoms with Crippen molar-refractivity contribution < 1.29 is 19.5 Å². The van der Waals surface area contributed by atoms with E-state index in [1.54, 1.807) is 0 Å². The van der Waals surface area contributed by atoms with Gasteiger partial charge in [0.1, 0.15) is 6.04 Å². The monoisotopic (exact) mass is 243 g/mol. The molecule has 1 saturated heterocycles. The first-order valence-corrected chi connectivity index (χ1v) is 5.43. The van der Waals surface area contributed by atoms with E-state index in [9.17, 15) is 14.4 Å². The Labute approximate surface area is 99.2 Å². The van der Waals surface area contributed by atoms with Crippen LogP contribution in [-0.2, 0) is 14.4 Å². The summed E-state index contributed by atoms with van der Waals surface area (Å²) in [4.78, 5) is 36.6. The fraction of sp³-hybridized carbons (Fsp3) is 0.700. The molecule has 1 rings (SSSR count). The van der Waals surface area contributed by atoms with Gasteiger partial charge in [0.25, 0.3) is 0 Å². The molecule has 1 heterocycles. The Morgan fingerprint density at radius 2 is 1.94 bits per heavy atom. The molecule has 0 spiro atoms. The number of piperazine rings is 1. The minimum Gasteiger partial charge on any atom is -0.480 e. The molecule has 1 unspecified atom stereocenters. The van der Waals surface area contributed by atoms with Crippen molar-refractivity contribution in [1.82, 2.24) is 9.80 Å². The number of carbonyl (C=O) groups is 3. The maximum atomic E-state index is 11.7. The third-order valence-electron chi connectivity index (χ3n) is 2.70. The van der Waals surface area contributed by atoms with Gasteiger partial charge in [0, 0.05) is 25.7 Å². The van der Waals surface area contributed by atoms with E-state index in [1.165, 1.54) is 9.80 Å². The zero-order valence-corrected chi connectivity index (χ0v) is 9.92. The Kier molecular flexibility index (Phi) is 4.06. The molecule has 0 aromatic heterocycles. The SMILES string of the molecule is CC(C)N1CCN(CC(N)C(=O)O)C(=O)C1=O. The van der Waals surface area contributed by atoms with Crippen LogP contribution in [0.1, 0.15) is 13.8 Å². The average Bonchev–Trinajstić information content (AvgIpc) is 2.24. The number of carboxylic acids is 1. The number of nitrogens with zero attached hydrogens (tertiary/aromatic N) is 2. The Morgan fingerprint density at radius 1 is 1.35 bits per heavy atom. The van der Waals surface area contributed by atoms with Crippen LogP contribution in [0.3, 0.4) is 0 Å². The van der Waals surface area contributed by atoms with Crippen LogP contribution in [0.15, 0.2) is 0 Å². The molecule has 0 saturated carbocycles. The molecule has 17 heavy (non-hydrogen) atoms. The second-order valence-corrected chi connectivity index (χ2v) is 4.29. The number of aliphatic carboxylic acids is 1. The van der Waals surface area contributed by atoms with Gasteiger partial charge in [-0.2, -0.15) is 0 Å². The van der Waals surface area contributed by atoms with Crippen molar-refractivity contribution in [1.29, 1.82) is 0 Å². The number of hydrogen-bond acceptors (Lipinski definition) is 4. The Hall–Kier alpha value is -1.63. The quantitative estimate of drug-likeness (QED) is 0.583. The summed E-state index contributed by atoms with van der Waals surface area (Å²) in [6.07, 6.45) is 0. The molecule has 0 aromatic carbocycles. The highest BCUT2D eigenvalue weighted by molar-refractivity contribution is 6.35. The highest BCUT2D eigenvalue weighted by Crippen LogP contribution is 2.09. The minimum atomic E-state index is -1.18. The number of hydrogen-bond donors (Lipinski definition) is 2. The third-order valence-corrected chi connectivity index (χ3v) is 2.70. The molecule has 0 bridgehead atoms. The van der Waals surface area contributed by atoms with Crippen molar-refractivity contribution >= 4 is 17.8 Å². The van der Waals surface area contributed by atoms with E-state index < -0.39 is 23.8 Å². The highest BCUT2D eigenvalue weighted by Gasteiger charge is 2.34. The van der Waals surface area contributed by atoms with Gasteiger partial charge in [-0.15, -0.1) is 0 Å². The Bertz CT molecular complexity index is 342. The zero-order chi connectivity index (χ0) is 13.2. The van der Waals surface area contributed by atoms with Crippen LogP contribution in [0.4, 0.5) is 0 Å². The van der Waals surface area contributed by atoms with E-state index in [0.29, 0.717) is 13.1 Å². The lowest BCUT2D eigenvalue weighted by molar-refractivity contribution is -0.158. The molecule has 2 amide bonds. The molecule has 1 fully saturated rings. The molecule has 3 N–H and O–H groups in total. The second kappa shape index (κ2) is 5.13. The van der Waals surface area contributed by atoms with E-state index in [4.69, 9.17) is 10.8 Å². The second-order valence-electron chi connectivity index (χ2n) is 4.29. The van der Waals surface area contributed by atoms with Gasteiger partial charge in [0.15, 0.2) is 0 Å². The van der Waals surface area contributed by atoms with Crippen molar-refractivity contribution in [3.63, 3.8) is 0 Å². The molecule has 0 aliphatic carbocycles. The van der Waals surface area contributed by atoms with Gasteiger partial charge >= 0.3 is 17.8 Å². The first-order chi connectivity index (χ1) is 7.84. The van der Waals surface area contributed by atoms with Gasteiger partial charge in [0.05, 0.1) is 0 Å². The molecule has 96 valence electrons. The lowest BCUT2D eigenvalue weighted by Gasteiger charge is -2.36. The molecule has 1 aliphatic rings. The van der Waals surface area contributed by atoms with Crippen LogP contribution in [0, 0.1) is 0 Å². The molecule has 0 aromatic rings. The number of rotatable bonds is 4. The summed E-state index contributed by atoms with van der Waals surface area (Å²) in [5, 5.41) is 8.65. The minimum absolute atomic E-state index is 0.0400. The number of nitrogens with two attached hydrogens (primary N) is 1. The zero-order valence-electron chi connectivity index (χ0n) is 9.92. The average molecular weight is 243 g/mol. The molecule has 1 aliphatic heterocycles. The van der Waals surface area contributed by atoms with Gasteiger partial charge in [0.2, 0.25) is 0 Å². The molecule has 0 radical (unpaired) electrons. The largest absolute Gasteiger partial charge is 0.480 e. The van der Waals surface area contributed by atoms with E-state index in [-0.39, 0.29) is 12.6 Å². The molecule has 1 atom stereocenters. The van der Waals surface area contributed by atoms with Crippen molar-refractivity contribution in [3.05, 3.63) is 0 Å². The fourth-order valence-corrected chi connectivity index (χ4v) is 1.67. The molecular formula is C10H17N3O4. The van der Waals surface area contributed by atoms with Crippen LogP contribution in [0.2, 0.25) is 0 Å². The van der Waals surface area contributed by atoms with Crippen LogP contribution >= 0.6 is 0 Å². The first-order valence-electron chi connectivity index (χ1n) is 5.43. The summed E-state index contributed by atoms with van der Waals surface area (Å²) >= 11 is 0. The lowest BCUT2D eigenvalue weighted by atomic mass is 10.2. The first kappa shape index (κ1) is 13.4. The standard InChI is InChI=1S/C10H17N3O4/c1-6(2)13-4-3-12(8(14)9(13)15)5-7(11)10(16)17/h6-7H,3-5,11H2,1-2H3,(H,16,17). The van der Waals surface area contributed by atoms with Crippen LogP contribution in [-0.4, -0.2) is 64.4 Å². The van der Waals surface area contributed by atoms with Crippen LogP contribution in [0.25, 0.3) is 0 Å². The van der Waals surface area contributed by atoms with Crippen molar-refractivity contribution in [2.24, 2.45) is 5.73 Å². The summed E-state index contributed by atoms with van der Waals surface area (Å²) in [5.41, 5.74) is 5.33. The van der Waals surface area contributed by atoms with E-state index >= 15 is 0 Å². The molecule has 7 nitrogen and oxygen atoms in total. The van der Waals surface area contributed by atoms with Gasteiger partial charge < -0.3 is 20.6 Å². The molecule has 7 heteroatoms. The van der Waals surface area contributed by atoms with Gasteiger partial charge in [-0.25, -0.2) is 0 Å². The van der Waals surface area contributed by atoms with Crippen LogP contribution in [0.5, 0.6) is 0 Å². The predicted octanol–water partition coefficient (Wildman–Crippen LogP) is -1.52. The Morgan fingerprint density at radius 3 is 2.41 bits per heavy atom. The van der Waals surface area contributed by atoms with E-state index in [2.05, 4.69) is 0 Å². The number of amides is 2. The van der Waals surface area contributed by atoms with Gasteiger partial charge in [-0.3, -0.25) is 14.4 Å². The third kappa shape index (κ3) is 2.94. The summed E-state index contributed by atoms with van der Waals surface area (Å²) < 4.78 is 0. The summed E-state index contributed by atoms with van der Waals surface area (Å²) in [6, 6.07) is -1.20. The molecular weight excluding hydrogens is 226 g/mol. The van der Waals surface area contributed by atoms with Crippen molar-refractivity contribution in [3.8, 4) is 0 Å². The van der Waals surface area contributed by atoms with Gasteiger partial charge in [-0.1, -0.05) is 0 Å². The van der Waals surface area contributed by atoms with Crippen molar-refractivity contribution in [2.45, 2.75) is 25.9 Å². The van der Waals surface area contributed by atoms with E-state index in [1.807, 2.05) is 13.8 Å². The maximum Gasteiger partial charge on any atom is 0.322 e. The highest BCUT2D eigenvalue weighted by atomic mass is 16.4. The van der Waals surface area contributed by atoms with Crippen molar-refractivity contribution in [2.75, 3.05) is 19.6 Å². The predicted molar refractivity (Wildman–Crippen MR) is 59.0 cm³/mol. The topological polar surface area (TPSA) is 104 Å². The summed E-state index contributed by atoms with van der Waals surface area (Å²) in [7, 11) is 0. The summed E-state index contributed by atoms with van der Waals surface area (Å²) in [6.45, 7) is 4.25. The lowest BCUT2D eigenvalue weighted by Crippen LogP contribution is -2.58. The smallest absolute Gasteiger partial charge is 0.322 e. The van der Waals surface area contributed by atoms with E-state index in [0.717, 1.165) is 0 Å². The normalized spacial score (nSPS) is 18.8. The van der Waals surface area contributed by atoms with Crippen LogP contribution < -0.4 is 5.73 Å². The van der Waals surface area contributed by atoms with Gasteiger partial charge in [-0.05, 0) is 13.8 Å². The fourth-order valence-electron chi connectivity index (χ4n) is 1.67. The Balaban J connectivity index is 2.66. The maximum absolute atomic E-state index is 11.7. The number of carbonyl (C=O) groups excluding carboxylic acids is 2. The number of carboxylic acid groups (broad SMARTS) is 1.